The number of ether oxygens (including phenoxy) is 1. The maximum Gasteiger partial charge on any atom is 0.416 e. The first-order chi connectivity index (χ1) is 10.9. The van der Waals surface area contributed by atoms with Gasteiger partial charge in [-0.2, -0.15) is 31.3 Å². The van der Waals surface area contributed by atoms with Crippen molar-refractivity contribution in [3.63, 3.8) is 0 Å². The topological polar surface area (TPSA) is 39.9 Å². The summed E-state index contributed by atoms with van der Waals surface area (Å²) in [5.74, 6) is -0.622. The lowest BCUT2D eigenvalue weighted by Crippen LogP contribution is -2.11. The first kappa shape index (κ1) is 18.8. The van der Waals surface area contributed by atoms with Gasteiger partial charge in [0.05, 0.1) is 17.2 Å². The van der Waals surface area contributed by atoms with E-state index in [-0.39, 0.29) is 21.9 Å². The molecule has 1 heterocycles. The monoisotopic (exact) mass is 465 g/mol. The van der Waals surface area contributed by atoms with Crippen molar-refractivity contribution in [3.8, 4) is 11.8 Å². The number of rotatable bonds is 3. The van der Waals surface area contributed by atoms with Crippen molar-refractivity contribution >= 4 is 22.6 Å². The molecule has 0 fully saturated rings. The number of benzene rings is 1. The minimum atomic E-state index is -4.94. The second-order valence-electron chi connectivity index (χ2n) is 5.05. The molecule has 1 aromatic heterocycles. The van der Waals surface area contributed by atoms with Crippen LogP contribution in [-0.2, 0) is 12.4 Å². The van der Waals surface area contributed by atoms with Gasteiger partial charge in [-0.05, 0) is 32.0 Å². The van der Waals surface area contributed by atoms with Crippen LogP contribution in [0.2, 0.25) is 0 Å². The fraction of sp³-hybridized carbons (Fsp3) is 0.385. The van der Waals surface area contributed by atoms with Crippen LogP contribution in [0.3, 0.4) is 0 Å². The molecule has 0 aliphatic heterocycles. The van der Waals surface area contributed by atoms with Gasteiger partial charge in [-0.1, -0.05) is 0 Å². The summed E-state index contributed by atoms with van der Waals surface area (Å²) in [7, 11) is 0. The molecule has 0 radical (unpaired) electrons. The molecule has 0 aliphatic rings. The van der Waals surface area contributed by atoms with Crippen LogP contribution in [-0.4, -0.2) is 14.8 Å². The molecule has 0 N–H and O–H groups in total. The molecular formula is C13H10F6IN3O. The van der Waals surface area contributed by atoms with E-state index in [1.165, 1.54) is 4.68 Å². The maximum absolute atomic E-state index is 12.8. The summed E-state index contributed by atoms with van der Waals surface area (Å²) in [5.41, 5.74) is -2.92. The van der Waals surface area contributed by atoms with Gasteiger partial charge in [-0.25, -0.2) is 4.68 Å². The highest BCUT2D eigenvalue weighted by Crippen LogP contribution is 2.39. The highest BCUT2D eigenvalue weighted by atomic mass is 127. The molecule has 132 valence electrons. The van der Waals surface area contributed by atoms with Gasteiger partial charge in [0.15, 0.2) is 0 Å². The van der Waals surface area contributed by atoms with Crippen LogP contribution in [0.5, 0.6) is 11.8 Å². The van der Waals surface area contributed by atoms with Crippen LogP contribution >= 0.6 is 22.6 Å². The molecule has 2 rings (SSSR count). The van der Waals surface area contributed by atoms with Crippen molar-refractivity contribution in [2.75, 3.05) is 0 Å². The van der Waals surface area contributed by atoms with Gasteiger partial charge in [-0.15, -0.1) is 5.10 Å². The van der Waals surface area contributed by atoms with Crippen molar-refractivity contribution < 1.29 is 31.1 Å². The van der Waals surface area contributed by atoms with Crippen LogP contribution in [0.4, 0.5) is 26.3 Å². The average molecular weight is 465 g/mol. The number of alkyl halides is 6. The third-order valence-electron chi connectivity index (χ3n) is 2.83. The molecule has 0 spiro atoms. The quantitative estimate of drug-likeness (QED) is 0.457. The van der Waals surface area contributed by atoms with Gasteiger partial charge in [0, 0.05) is 22.6 Å². The number of nitrogens with zero attached hydrogens (tertiary/aromatic N) is 3. The molecule has 0 amide bonds. The highest BCUT2D eigenvalue weighted by molar-refractivity contribution is 14.1. The molecule has 2 aromatic rings. The zero-order valence-corrected chi connectivity index (χ0v) is 14.4. The summed E-state index contributed by atoms with van der Waals surface area (Å²) in [4.78, 5) is 3.86. The molecule has 0 saturated carbocycles. The molecule has 1 aromatic carbocycles. The zero-order chi connectivity index (χ0) is 18.3. The molecule has 0 saturated heterocycles. The Morgan fingerprint density at radius 3 is 1.92 bits per heavy atom. The third-order valence-corrected chi connectivity index (χ3v) is 3.29. The van der Waals surface area contributed by atoms with Gasteiger partial charge in [-0.3, -0.25) is 0 Å². The van der Waals surface area contributed by atoms with Crippen molar-refractivity contribution in [2.45, 2.75) is 32.2 Å². The van der Waals surface area contributed by atoms with Crippen molar-refractivity contribution in [3.05, 3.63) is 33.2 Å². The van der Waals surface area contributed by atoms with Crippen molar-refractivity contribution in [2.24, 2.45) is 0 Å². The standard InChI is InChI=1S/C13H10F6IN3O/c1-6(2)23-11(21-10(20)22-23)24-9-4-7(12(14,15)16)3-8(5-9)13(17,18)19/h3-6H,1-2H3. The summed E-state index contributed by atoms with van der Waals surface area (Å²) in [6.45, 7) is 3.43. The van der Waals surface area contributed by atoms with Crippen LogP contribution in [0.25, 0.3) is 0 Å². The van der Waals surface area contributed by atoms with Gasteiger partial charge in [0.2, 0.25) is 3.83 Å². The SMILES string of the molecule is CC(C)n1nc(I)nc1Oc1cc(C(F)(F)F)cc(C(F)(F)F)c1. The Morgan fingerprint density at radius 2 is 1.50 bits per heavy atom. The van der Waals surface area contributed by atoms with Gasteiger partial charge >= 0.3 is 18.4 Å². The Morgan fingerprint density at radius 1 is 1.00 bits per heavy atom. The Bertz CT molecular complexity index is 706. The molecule has 0 aliphatic carbocycles. The Kier molecular flexibility index (Phi) is 5.02. The van der Waals surface area contributed by atoms with Gasteiger partial charge in [0.25, 0.3) is 0 Å². The molecule has 24 heavy (non-hydrogen) atoms. The van der Waals surface area contributed by atoms with E-state index in [2.05, 4.69) is 10.1 Å². The minimum Gasteiger partial charge on any atom is -0.424 e. The second kappa shape index (κ2) is 6.41. The van der Waals surface area contributed by atoms with Crippen molar-refractivity contribution in [1.29, 1.82) is 0 Å². The zero-order valence-electron chi connectivity index (χ0n) is 12.2. The summed E-state index contributed by atoms with van der Waals surface area (Å²) >= 11 is 1.76. The lowest BCUT2D eigenvalue weighted by atomic mass is 10.1. The number of hydrogen-bond donors (Lipinski definition) is 0. The average Bonchev–Trinajstić information content (AvgIpc) is 2.77. The van der Waals surface area contributed by atoms with Gasteiger partial charge < -0.3 is 4.74 Å². The summed E-state index contributed by atoms with van der Waals surface area (Å²) < 4.78 is 83.6. The first-order valence-electron chi connectivity index (χ1n) is 6.47. The summed E-state index contributed by atoms with van der Waals surface area (Å²) in [6.07, 6.45) is -9.89. The minimum absolute atomic E-state index is 0.0315. The second-order valence-corrected chi connectivity index (χ2v) is 6.01. The summed E-state index contributed by atoms with van der Waals surface area (Å²) in [5, 5.41) is 3.97. The van der Waals surface area contributed by atoms with Crippen molar-refractivity contribution in [1.82, 2.24) is 14.8 Å². The van der Waals surface area contributed by atoms with Crippen LogP contribution in [0.15, 0.2) is 18.2 Å². The van der Waals surface area contributed by atoms with E-state index in [0.29, 0.717) is 12.1 Å². The van der Waals surface area contributed by atoms with E-state index in [4.69, 9.17) is 4.74 Å². The fourth-order valence-corrected chi connectivity index (χ4v) is 2.22. The smallest absolute Gasteiger partial charge is 0.416 e. The lowest BCUT2D eigenvalue weighted by Gasteiger charge is -2.15. The third kappa shape index (κ3) is 4.30. The Hall–Kier alpha value is -1.53. The molecule has 0 unspecified atom stereocenters. The van der Waals surface area contributed by atoms with E-state index in [1.54, 1.807) is 36.4 Å². The largest absolute Gasteiger partial charge is 0.424 e. The highest BCUT2D eigenvalue weighted by Gasteiger charge is 2.37. The molecule has 0 bridgehead atoms. The van der Waals surface area contributed by atoms with E-state index in [1.807, 2.05) is 0 Å². The lowest BCUT2D eigenvalue weighted by molar-refractivity contribution is -0.143. The van der Waals surface area contributed by atoms with E-state index in [9.17, 15) is 26.3 Å². The number of halogens is 7. The van der Waals surface area contributed by atoms with E-state index >= 15 is 0 Å². The summed E-state index contributed by atoms with van der Waals surface area (Å²) in [6, 6.07) is 0.568. The van der Waals surface area contributed by atoms with E-state index < -0.39 is 29.2 Å². The van der Waals surface area contributed by atoms with Crippen LogP contribution in [0.1, 0.15) is 31.0 Å². The Balaban J connectivity index is 2.51. The molecular weight excluding hydrogens is 455 g/mol. The maximum atomic E-state index is 12.8. The molecule has 11 heteroatoms. The predicted octanol–water partition coefficient (Wildman–Crippen LogP) is 5.29. The normalized spacial score (nSPS) is 12.8. The fourth-order valence-electron chi connectivity index (χ4n) is 1.78. The predicted molar refractivity (Wildman–Crippen MR) is 79.6 cm³/mol. The number of aromatic nitrogens is 3. The first-order valence-corrected chi connectivity index (χ1v) is 7.55. The van der Waals surface area contributed by atoms with Crippen LogP contribution in [0, 0.1) is 3.83 Å². The van der Waals surface area contributed by atoms with Crippen LogP contribution < -0.4 is 4.74 Å². The number of hydrogen-bond acceptors (Lipinski definition) is 3. The Labute approximate surface area is 146 Å². The molecule has 4 nitrogen and oxygen atoms in total. The molecule has 0 atom stereocenters. The van der Waals surface area contributed by atoms with Gasteiger partial charge in [0.1, 0.15) is 5.75 Å². The van der Waals surface area contributed by atoms with E-state index in [0.717, 1.165) is 0 Å².